The van der Waals surface area contributed by atoms with E-state index in [9.17, 15) is 9.90 Å². The first kappa shape index (κ1) is 12.8. The van der Waals surface area contributed by atoms with Crippen LogP contribution in [0.5, 0.6) is 0 Å². The molecule has 1 aromatic carbocycles. The Kier molecular flexibility index (Phi) is 4.12. The predicted molar refractivity (Wildman–Crippen MR) is 72.8 cm³/mol. The molecule has 2 N–H and O–H groups in total. The van der Waals surface area contributed by atoms with Gasteiger partial charge < -0.3 is 15.0 Å². The van der Waals surface area contributed by atoms with Crippen LogP contribution in [0, 0.1) is 0 Å². The highest BCUT2D eigenvalue weighted by Gasteiger charge is 2.08. The third-order valence-electron chi connectivity index (χ3n) is 2.92. The fourth-order valence-electron chi connectivity index (χ4n) is 2.02. The fraction of sp³-hybridized carbons (Fsp3) is 0.357. The Labute approximate surface area is 106 Å². The van der Waals surface area contributed by atoms with Crippen LogP contribution in [0.1, 0.15) is 6.92 Å². The minimum atomic E-state index is -0.562. The number of benzene rings is 1. The number of nitrogens with one attached hydrogen (secondary N) is 1. The van der Waals surface area contributed by atoms with Crippen molar-refractivity contribution < 1.29 is 5.11 Å². The number of likely N-dealkylation sites (N-methyl/N-ethyl adjacent to an activating group) is 1. The van der Waals surface area contributed by atoms with Crippen molar-refractivity contribution in [3.05, 3.63) is 46.8 Å². The Hall–Kier alpha value is -1.65. The highest BCUT2D eigenvalue weighted by molar-refractivity contribution is 5.78. The van der Waals surface area contributed by atoms with Gasteiger partial charge in [-0.2, -0.15) is 0 Å². The molecule has 1 atom stereocenters. The maximum absolute atomic E-state index is 11.9. The number of hydrogen-bond donors (Lipinski definition) is 2. The Morgan fingerprint density at radius 2 is 2.06 bits per heavy atom. The molecule has 2 rings (SSSR count). The number of rotatable bonds is 5. The van der Waals surface area contributed by atoms with E-state index >= 15 is 0 Å². The lowest BCUT2D eigenvalue weighted by atomic mass is 10.2. The molecule has 1 heterocycles. The van der Waals surface area contributed by atoms with E-state index in [1.54, 1.807) is 10.6 Å². The molecule has 4 heteroatoms. The van der Waals surface area contributed by atoms with E-state index in [2.05, 4.69) is 5.32 Å². The number of aromatic nitrogens is 1. The van der Waals surface area contributed by atoms with Crippen LogP contribution in [-0.2, 0) is 6.54 Å². The van der Waals surface area contributed by atoms with E-state index in [4.69, 9.17) is 0 Å². The summed E-state index contributed by atoms with van der Waals surface area (Å²) in [7, 11) is 0. The fourth-order valence-corrected chi connectivity index (χ4v) is 2.02. The van der Waals surface area contributed by atoms with E-state index in [0.29, 0.717) is 13.1 Å². The standard InChI is InChI=1S/C14H18N2O2/c1-2-15-9-12(17)10-16-13-6-4-3-5-11(13)7-8-14(16)18/h3-8,12,15,17H,2,9-10H2,1H3. The van der Waals surface area contributed by atoms with Crippen LogP contribution in [0.25, 0.3) is 10.9 Å². The lowest BCUT2D eigenvalue weighted by molar-refractivity contribution is 0.152. The number of pyridine rings is 1. The van der Waals surface area contributed by atoms with Gasteiger partial charge in [0.2, 0.25) is 0 Å². The summed E-state index contributed by atoms with van der Waals surface area (Å²) in [6, 6.07) is 11.0. The maximum Gasteiger partial charge on any atom is 0.251 e. The first-order valence-electron chi connectivity index (χ1n) is 6.19. The van der Waals surface area contributed by atoms with E-state index in [-0.39, 0.29) is 5.56 Å². The summed E-state index contributed by atoms with van der Waals surface area (Å²) in [5.41, 5.74) is 0.782. The third kappa shape index (κ3) is 2.78. The normalized spacial score (nSPS) is 12.8. The molecule has 0 radical (unpaired) electrons. The Morgan fingerprint density at radius 3 is 2.83 bits per heavy atom. The van der Waals surface area contributed by atoms with Gasteiger partial charge in [0.05, 0.1) is 18.2 Å². The smallest absolute Gasteiger partial charge is 0.251 e. The van der Waals surface area contributed by atoms with Crippen molar-refractivity contribution >= 4 is 10.9 Å². The second-order valence-corrected chi connectivity index (χ2v) is 4.30. The van der Waals surface area contributed by atoms with Gasteiger partial charge in [-0.3, -0.25) is 4.79 Å². The van der Waals surface area contributed by atoms with Crippen LogP contribution in [0.3, 0.4) is 0 Å². The van der Waals surface area contributed by atoms with Gasteiger partial charge in [0.1, 0.15) is 0 Å². The molecule has 0 aliphatic heterocycles. The largest absolute Gasteiger partial charge is 0.390 e. The molecule has 0 bridgehead atoms. The van der Waals surface area contributed by atoms with Crippen LogP contribution in [0.2, 0.25) is 0 Å². The van der Waals surface area contributed by atoms with Crippen LogP contribution >= 0.6 is 0 Å². The van der Waals surface area contributed by atoms with Gasteiger partial charge in [-0.15, -0.1) is 0 Å². The highest BCUT2D eigenvalue weighted by Crippen LogP contribution is 2.11. The van der Waals surface area contributed by atoms with Gasteiger partial charge in [-0.25, -0.2) is 0 Å². The summed E-state index contributed by atoms with van der Waals surface area (Å²) >= 11 is 0. The van der Waals surface area contributed by atoms with E-state index in [1.807, 2.05) is 37.3 Å². The molecule has 96 valence electrons. The van der Waals surface area contributed by atoms with Gasteiger partial charge in [0, 0.05) is 12.6 Å². The van der Waals surface area contributed by atoms with Crippen molar-refractivity contribution in [2.24, 2.45) is 0 Å². The maximum atomic E-state index is 11.9. The first-order valence-corrected chi connectivity index (χ1v) is 6.19. The Bertz CT molecular complexity index is 577. The summed E-state index contributed by atoms with van der Waals surface area (Å²) in [6.45, 7) is 3.59. The second kappa shape index (κ2) is 5.80. The van der Waals surface area contributed by atoms with Crippen LogP contribution in [0.15, 0.2) is 41.2 Å². The average molecular weight is 246 g/mol. The zero-order valence-electron chi connectivity index (χ0n) is 10.5. The minimum absolute atomic E-state index is 0.0794. The molecular weight excluding hydrogens is 228 g/mol. The third-order valence-corrected chi connectivity index (χ3v) is 2.92. The van der Waals surface area contributed by atoms with E-state index < -0.39 is 6.10 Å². The van der Waals surface area contributed by atoms with Crippen molar-refractivity contribution in [2.75, 3.05) is 13.1 Å². The minimum Gasteiger partial charge on any atom is -0.390 e. The number of aliphatic hydroxyl groups excluding tert-OH is 1. The quantitative estimate of drug-likeness (QED) is 0.826. The molecule has 0 aliphatic rings. The van der Waals surface area contributed by atoms with Crippen LogP contribution < -0.4 is 10.9 Å². The average Bonchev–Trinajstić information content (AvgIpc) is 2.40. The SMILES string of the molecule is CCNCC(O)Cn1c(=O)ccc2ccccc21. The monoisotopic (exact) mass is 246 g/mol. The van der Waals surface area contributed by atoms with Crippen LogP contribution in [0.4, 0.5) is 0 Å². The molecule has 1 aromatic heterocycles. The van der Waals surface area contributed by atoms with Crippen LogP contribution in [-0.4, -0.2) is 28.9 Å². The predicted octanol–water partition coefficient (Wildman–Crippen LogP) is 0.972. The number of hydrogen-bond acceptors (Lipinski definition) is 3. The number of nitrogens with zero attached hydrogens (tertiary/aromatic N) is 1. The zero-order chi connectivity index (χ0) is 13.0. The summed E-state index contributed by atoms with van der Waals surface area (Å²) in [4.78, 5) is 11.9. The van der Waals surface area contributed by atoms with E-state index in [0.717, 1.165) is 17.4 Å². The van der Waals surface area contributed by atoms with Crippen molar-refractivity contribution in [3.8, 4) is 0 Å². The van der Waals surface area contributed by atoms with Gasteiger partial charge in [-0.1, -0.05) is 25.1 Å². The molecule has 1 unspecified atom stereocenters. The summed E-state index contributed by atoms with van der Waals surface area (Å²) in [5, 5.41) is 14.0. The lowest BCUT2D eigenvalue weighted by Crippen LogP contribution is -2.33. The van der Waals surface area contributed by atoms with Crippen molar-refractivity contribution in [1.29, 1.82) is 0 Å². The molecular formula is C14H18N2O2. The molecule has 4 nitrogen and oxygen atoms in total. The number of fused-ring (bicyclic) bond motifs is 1. The molecule has 0 saturated heterocycles. The summed E-state index contributed by atoms with van der Waals surface area (Å²) in [5.74, 6) is 0. The molecule has 2 aromatic rings. The first-order chi connectivity index (χ1) is 8.72. The molecule has 0 aliphatic carbocycles. The Morgan fingerprint density at radius 1 is 1.28 bits per heavy atom. The highest BCUT2D eigenvalue weighted by atomic mass is 16.3. The van der Waals surface area contributed by atoms with Gasteiger partial charge in [0.25, 0.3) is 5.56 Å². The molecule has 0 fully saturated rings. The lowest BCUT2D eigenvalue weighted by Gasteiger charge is -2.15. The molecule has 0 amide bonds. The van der Waals surface area contributed by atoms with Crippen molar-refractivity contribution in [3.63, 3.8) is 0 Å². The van der Waals surface area contributed by atoms with E-state index in [1.165, 1.54) is 0 Å². The van der Waals surface area contributed by atoms with Crippen molar-refractivity contribution in [1.82, 2.24) is 9.88 Å². The molecule has 0 saturated carbocycles. The summed E-state index contributed by atoms with van der Waals surface area (Å²) in [6.07, 6.45) is -0.562. The van der Waals surface area contributed by atoms with Gasteiger partial charge >= 0.3 is 0 Å². The Balaban J connectivity index is 2.31. The molecule has 0 spiro atoms. The number of aliphatic hydroxyl groups is 1. The number of para-hydroxylation sites is 1. The van der Waals surface area contributed by atoms with Gasteiger partial charge in [0.15, 0.2) is 0 Å². The topological polar surface area (TPSA) is 54.3 Å². The van der Waals surface area contributed by atoms with Crippen molar-refractivity contribution in [2.45, 2.75) is 19.6 Å². The molecule has 18 heavy (non-hydrogen) atoms. The zero-order valence-corrected chi connectivity index (χ0v) is 10.5. The second-order valence-electron chi connectivity index (χ2n) is 4.30. The summed E-state index contributed by atoms with van der Waals surface area (Å²) < 4.78 is 1.62. The van der Waals surface area contributed by atoms with Gasteiger partial charge in [-0.05, 0) is 24.1 Å².